The van der Waals surface area contributed by atoms with Crippen LogP contribution in [-0.4, -0.2) is 24.2 Å². The van der Waals surface area contributed by atoms with Crippen LogP contribution in [0.1, 0.15) is 26.7 Å². The maximum atomic E-state index is 10.1. The van der Waals surface area contributed by atoms with E-state index in [9.17, 15) is 9.59 Å². The molecule has 0 N–H and O–H groups in total. The molecule has 71 valence electrons. The Labute approximate surface area is 77.8 Å². The Morgan fingerprint density at radius 1 is 1.31 bits per heavy atom. The van der Waals surface area contributed by atoms with Crippen molar-refractivity contribution in [1.29, 1.82) is 0 Å². The molecule has 0 saturated carbocycles. The first kappa shape index (κ1) is 11.8. The summed E-state index contributed by atoms with van der Waals surface area (Å²) in [6.07, 6.45) is 6.29. The highest BCUT2D eigenvalue weighted by Gasteiger charge is 2.17. The number of isocyanates is 2. The molecule has 0 aromatic rings. The lowest BCUT2D eigenvalue weighted by Gasteiger charge is -2.14. The SMILES string of the molecule is C[CH]C(N=C=O)C(CCC)N=C=O. The number of hydrogen-bond acceptors (Lipinski definition) is 4. The standard InChI is InChI=1S/C9H13N2O2/c1-3-5-9(11-7-13)8(4-2)10-6-12/h4,8-9H,3,5H2,1-2H3. The van der Waals surface area contributed by atoms with E-state index in [2.05, 4.69) is 9.98 Å². The van der Waals surface area contributed by atoms with E-state index in [4.69, 9.17) is 0 Å². The first-order valence-corrected chi connectivity index (χ1v) is 4.23. The molecule has 0 spiro atoms. The summed E-state index contributed by atoms with van der Waals surface area (Å²) in [6, 6.07) is -0.618. The van der Waals surface area contributed by atoms with Crippen LogP contribution in [0.3, 0.4) is 0 Å². The minimum atomic E-state index is -0.348. The fraction of sp³-hybridized carbons (Fsp3) is 0.667. The molecular formula is C9H13N2O2. The maximum absolute atomic E-state index is 10.1. The summed E-state index contributed by atoms with van der Waals surface area (Å²) >= 11 is 0. The molecule has 0 aliphatic heterocycles. The molecular weight excluding hydrogens is 168 g/mol. The van der Waals surface area contributed by atoms with E-state index in [0.717, 1.165) is 12.8 Å². The second kappa shape index (κ2) is 7.41. The van der Waals surface area contributed by atoms with Gasteiger partial charge >= 0.3 is 0 Å². The average molecular weight is 181 g/mol. The summed E-state index contributed by atoms with van der Waals surface area (Å²) in [7, 11) is 0. The van der Waals surface area contributed by atoms with Crippen molar-refractivity contribution in [3.8, 4) is 0 Å². The number of rotatable bonds is 6. The van der Waals surface area contributed by atoms with Gasteiger partial charge in [0.2, 0.25) is 12.2 Å². The Morgan fingerprint density at radius 3 is 2.31 bits per heavy atom. The number of aliphatic imine (C=N–C) groups is 2. The number of carbonyl (C=O) groups excluding carboxylic acids is 2. The van der Waals surface area contributed by atoms with Crippen LogP contribution in [0.4, 0.5) is 0 Å². The lowest BCUT2D eigenvalue weighted by atomic mass is 10.0. The Kier molecular flexibility index (Phi) is 6.70. The van der Waals surface area contributed by atoms with Gasteiger partial charge in [0, 0.05) is 0 Å². The molecule has 0 aromatic heterocycles. The van der Waals surface area contributed by atoms with E-state index in [0.29, 0.717) is 0 Å². The third kappa shape index (κ3) is 4.36. The third-order valence-electron chi connectivity index (χ3n) is 1.74. The number of hydrogen-bond donors (Lipinski definition) is 0. The van der Waals surface area contributed by atoms with Gasteiger partial charge in [0.1, 0.15) is 0 Å². The molecule has 13 heavy (non-hydrogen) atoms. The van der Waals surface area contributed by atoms with Gasteiger partial charge in [0.25, 0.3) is 0 Å². The highest BCUT2D eigenvalue weighted by Crippen LogP contribution is 2.11. The highest BCUT2D eigenvalue weighted by molar-refractivity contribution is 5.36. The third-order valence-corrected chi connectivity index (χ3v) is 1.74. The maximum Gasteiger partial charge on any atom is 0.235 e. The molecule has 0 aliphatic rings. The summed E-state index contributed by atoms with van der Waals surface area (Å²) in [5.41, 5.74) is 0. The van der Waals surface area contributed by atoms with Gasteiger partial charge in [-0.15, -0.1) is 0 Å². The molecule has 4 nitrogen and oxygen atoms in total. The largest absolute Gasteiger partial charge is 0.235 e. The predicted molar refractivity (Wildman–Crippen MR) is 48.7 cm³/mol. The van der Waals surface area contributed by atoms with Gasteiger partial charge < -0.3 is 0 Å². The van der Waals surface area contributed by atoms with Gasteiger partial charge in [-0.1, -0.05) is 20.3 Å². The minimum Gasteiger partial charge on any atom is -0.211 e. The van der Waals surface area contributed by atoms with Gasteiger partial charge in [0.15, 0.2) is 0 Å². The van der Waals surface area contributed by atoms with Crippen molar-refractivity contribution in [2.45, 2.75) is 38.8 Å². The van der Waals surface area contributed by atoms with E-state index in [-0.39, 0.29) is 12.1 Å². The van der Waals surface area contributed by atoms with Gasteiger partial charge in [-0.3, -0.25) is 0 Å². The molecule has 2 unspecified atom stereocenters. The van der Waals surface area contributed by atoms with Crippen molar-refractivity contribution >= 4 is 12.2 Å². The smallest absolute Gasteiger partial charge is 0.211 e. The molecule has 0 fully saturated rings. The van der Waals surface area contributed by atoms with Crippen LogP contribution in [0, 0.1) is 6.42 Å². The zero-order chi connectivity index (χ0) is 10.1. The zero-order valence-electron chi connectivity index (χ0n) is 7.86. The van der Waals surface area contributed by atoms with Crippen LogP contribution in [0.25, 0.3) is 0 Å². The average Bonchev–Trinajstić information content (AvgIpc) is 2.14. The van der Waals surface area contributed by atoms with Gasteiger partial charge in [-0.25, -0.2) is 14.6 Å². The van der Waals surface area contributed by atoms with Crippen LogP contribution in [-0.2, 0) is 9.59 Å². The van der Waals surface area contributed by atoms with E-state index in [1.807, 2.05) is 6.92 Å². The van der Waals surface area contributed by atoms with Crippen LogP contribution in [0.2, 0.25) is 0 Å². The summed E-state index contributed by atoms with van der Waals surface area (Å²) in [6.45, 7) is 3.75. The van der Waals surface area contributed by atoms with Gasteiger partial charge in [-0.2, -0.15) is 4.99 Å². The lowest BCUT2D eigenvalue weighted by Crippen LogP contribution is -2.22. The monoisotopic (exact) mass is 181 g/mol. The van der Waals surface area contributed by atoms with E-state index in [1.165, 1.54) is 12.2 Å². The molecule has 0 heterocycles. The first-order chi connectivity index (χ1) is 6.29. The molecule has 0 amide bonds. The van der Waals surface area contributed by atoms with Crippen molar-refractivity contribution in [2.24, 2.45) is 9.98 Å². The molecule has 4 heteroatoms. The van der Waals surface area contributed by atoms with Crippen molar-refractivity contribution in [2.75, 3.05) is 0 Å². The lowest BCUT2D eigenvalue weighted by molar-refractivity contribution is 0.507. The normalized spacial score (nSPS) is 13.7. The van der Waals surface area contributed by atoms with E-state index >= 15 is 0 Å². The molecule has 0 bridgehead atoms. The van der Waals surface area contributed by atoms with Crippen molar-refractivity contribution < 1.29 is 9.59 Å². The Balaban J connectivity index is 4.45. The quantitative estimate of drug-likeness (QED) is 0.459. The molecule has 2 atom stereocenters. The number of nitrogens with zero attached hydrogens (tertiary/aromatic N) is 2. The van der Waals surface area contributed by atoms with Gasteiger partial charge in [0.05, 0.1) is 12.1 Å². The second-order valence-electron chi connectivity index (χ2n) is 2.62. The van der Waals surface area contributed by atoms with Crippen molar-refractivity contribution in [3.63, 3.8) is 0 Å². The summed E-state index contributed by atoms with van der Waals surface area (Å²) in [5.74, 6) is 0. The summed E-state index contributed by atoms with van der Waals surface area (Å²) < 4.78 is 0. The van der Waals surface area contributed by atoms with E-state index in [1.54, 1.807) is 13.3 Å². The Bertz CT molecular complexity index is 228. The zero-order valence-corrected chi connectivity index (χ0v) is 7.86. The Morgan fingerprint density at radius 2 is 1.92 bits per heavy atom. The van der Waals surface area contributed by atoms with E-state index < -0.39 is 0 Å². The highest BCUT2D eigenvalue weighted by atomic mass is 16.1. The summed E-state index contributed by atoms with van der Waals surface area (Å²) in [4.78, 5) is 27.2. The van der Waals surface area contributed by atoms with Crippen molar-refractivity contribution in [3.05, 3.63) is 6.42 Å². The topological polar surface area (TPSA) is 58.9 Å². The predicted octanol–water partition coefficient (Wildman–Crippen LogP) is 1.42. The molecule has 0 saturated heterocycles. The summed E-state index contributed by atoms with van der Waals surface area (Å²) in [5, 5.41) is 0. The fourth-order valence-electron chi connectivity index (χ4n) is 1.12. The van der Waals surface area contributed by atoms with Crippen LogP contribution >= 0.6 is 0 Å². The van der Waals surface area contributed by atoms with Crippen LogP contribution < -0.4 is 0 Å². The fourth-order valence-corrected chi connectivity index (χ4v) is 1.12. The van der Waals surface area contributed by atoms with Crippen LogP contribution in [0.15, 0.2) is 9.98 Å². The van der Waals surface area contributed by atoms with Crippen LogP contribution in [0.5, 0.6) is 0 Å². The molecule has 0 aliphatic carbocycles. The Hall–Kier alpha value is -1.24. The first-order valence-electron chi connectivity index (χ1n) is 4.23. The molecule has 0 aromatic carbocycles. The van der Waals surface area contributed by atoms with Crippen molar-refractivity contribution in [1.82, 2.24) is 0 Å². The molecule has 1 radical (unpaired) electrons. The minimum absolute atomic E-state index is 0.269. The molecule has 0 rings (SSSR count). The van der Waals surface area contributed by atoms with Gasteiger partial charge in [-0.05, 0) is 12.8 Å². The second-order valence-corrected chi connectivity index (χ2v) is 2.62.